The van der Waals surface area contributed by atoms with Crippen molar-refractivity contribution in [3.63, 3.8) is 0 Å². The Morgan fingerprint density at radius 1 is 1.00 bits per heavy atom. The monoisotopic (exact) mass is 621 g/mol. The molecular formula is C34H28FN5O4S. The van der Waals surface area contributed by atoms with Crippen molar-refractivity contribution in [2.24, 2.45) is 0 Å². The molecule has 4 aromatic heterocycles. The number of fused-ring (bicyclic) bond motifs is 3. The molecule has 0 aliphatic heterocycles. The van der Waals surface area contributed by atoms with Crippen LogP contribution in [0.5, 0.6) is 0 Å². The molecule has 3 aromatic carbocycles. The fourth-order valence-electron chi connectivity index (χ4n) is 5.74. The Hall–Kier alpha value is -5.42. The number of rotatable bonds is 6. The number of sulfonamides is 1. The number of carbonyl (C=O) groups is 1. The molecule has 0 fully saturated rings. The number of halogens is 1. The molecule has 4 heterocycles. The standard InChI is InChI=1S/C34H28FN5O4S/c1-19-17-40-18-22(13-25(33(40)37-19)28-14-21-7-5-6-8-27(21)38-28)24-15-26-30(16-29(24)39(3)45(4,42)43)44-32(31(26)34(41)36-2)20-9-11-23(35)12-10-20/h5-18,38H,1-4H3,(H,36,41). The Morgan fingerprint density at radius 2 is 1.76 bits per heavy atom. The maximum absolute atomic E-state index is 13.8. The molecule has 0 atom stereocenters. The molecule has 9 nitrogen and oxygen atoms in total. The highest BCUT2D eigenvalue weighted by Crippen LogP contribution is 2.42. The van der Waals surface area contributed by atoms with E-state index in [0.29, 0.717) is 33.3 Å². The van der Waals surface area contributed by atoms with E-state index in [2.05, 4.69) is 16.4 Å². The first-order valence-corrected chi connectivity index (χ1v) is 16.0. The van der Waals surface area contributed by atoms with Gasteiger partial charge < -0.3 is 19.1 Å². The summed E-state index contributed by atoms with van der Waals surface area (Å²) in [5, 5.41) is 4.19. The minimum absolute atomic E-state index is 0.244. The molecule has 0 saturated carbocycles. The molecule has 0 unspecified atom stereocenters. The molecule has 0 aliphatic carbocycles. The van der Waals surface area contributed by atoms with Crippen molar-refractivity contribution < 1.29 is 22.0 Å². The first kappa shape index (κ1) is 28.4. The number of pyridine rings is 1. The minimum atomic E-state index is -3.71. The van der Waals surface area contributed by atoms with Crippen molar-refractivity contribution in [2.75, 3.05) is 24.7 Å². The summed E-state index contributed by atoms with van der Waals surface area (Å²) in [4.78, 5) is 21.6. The van der Waals surface area contributed by atoms with Gasteiger partial charge in [0.05, 0.1) is 28.9 Å². The normalized spacial score (nSPS) is 11.9. The van der Waals surface area contributed by atoms with E-state index in [0.717, 1.165) is 39.8 Å². The predicted molar refractivity (Wildman–Crippen MR) is 174 cm³/mol. The highest BCUT2D eigenvalue weighted by atomic mass is 32.2. The molecule has 0 spiro atoms. The molecule has 226 valence electrons. The third kappa shape index (κ3) is 4.81. The van der Waals surface area contributed by atoms with Crippen LogP contribution < -0.4 is 9.62 Å². The first-order valence-electron chi connectivity index (χ1n) is 14.1. The van der Waals surface area contributed by atoms with E-state index in [1.54, 1.807) is 12.1 Å². The summed E-state index contributed by atoms with van der Waals surface area (Å²) in [5.41, 5.74) is 6.84. The second-order valence-electron chi connectivity index (χ2n) is 11.0. The lowest BCUT2D eigenvalue weighted by Gasteiger charge is -2.21. The summed E-state index contributed by atoms with van der Waals surface area (Å²) in [5.74, 6) is -0.580. The maximum atomic E-state index is 13.8. The number of nitrogens with one attached hydrogen (secondary N) is 2. The number of furan rings is 1. The van der Waals surface area contributed by atoms with Crippen LogP contribution in [0.25, 0.3) is 61.2 Å². The van der Waals surface area contributed by atoms with Gasteiger partial charge in [0, 0.05) is 71.1 Å². The molecule has 1 amide bonds. The van der Waals surface area contributed by atoms with Crippen LogP contribution in [0.4, 0.5) is 10.1 Å². The number of carbonyl (C=O) groups excluding carboxylic acids is 1. The number of aromatic amines is 1. The highest BCUT2D eigenvalue weighted by molar-refractivity contribution is 7.92. The number of hydrogen-bond acceptors (Lipinski definition) is 5. The molecule has 2 N–H and O–H groups in total. The summed E-state index contributed by atoms with van der Waals surface area (Å²) >= 11 is 0. The number of aryl methyl sites for hydroxylation is 1. The lowest BCUT2D eigenvalue weighted by molar-refractivity contribution is 0.0964. The van der Waals surface area contributed by atoms with Crippen LogP contribution in [-0.4, -0.2) is 49.0 Å². The number of H-pyrrole nitrogens is 1. The fourth-order valence-corrected chi connectivity index (χ4v) is 6.25. The van der Waals surface area contributed by atoms with Gasteiger partial charge in [-0.2, -0.15) is 0 Å². The third-order valence-electron chi connectivity index (χ3n) is 8.01. The molecule has 0 radical (unpaired) electrons. The first-order chi connectivity index (χ1) is 21.5. The van der Waals surface area contributed by atoms with Gasteiger partial charge in [-0.05, 0) is 55.5 Å². The fraction of sp³-hybridized carbons (Fsp3) is 0.118. The second-order valence-corrected chi connectivity index (χ2v) is 13.0. The van der Waals surface area contributed by atoms with Crippen molar-refractivity contribution >= 4 is 49.1 Å². The van der Waals surface area contributed by atoms with Crippen LogP contribution in [0.15, 0.2) is 89.6 Å². The zero-order chi connectivity index (χ0) is 31.6. The Bertz CT molecular complexity index is 2370. The summed E-state index contributed by atoms with van der Waals surface area (Å²) in [6.07, 6.45) is 4.92. The number of anilines is 1. The number of amides is 1. The van der Waals surface area contributed by atoms with Gasteiger partial charge in [0.15, 0.2) is 0 Å². The Labute approximate surface area is 258 Å². The van der Waals surface area contributed by atoms with Crippen molar-refractivity contribution in [2.45, 2.75) is 6.92 Å². The second kappa shape index (κ2) is 10.3. The molecule has 0 saturated heterocycles. The summed E-state index contributed by atoms with van der Waals surface area (Å²) in [6, 6.07) is 21.0. The number of para-hydroxylation sites is 1. The zero-order valence-electron chi connectivity index (χ0n) is 24.8. The minimum Gasteiger partial charge on any atom is -0.455 e. The molecule has 7 aromatic rings. The van der Waals surface area contributed by atoms with Gasteiger partial charge in [-0.25, -0.2) is 17.8 Å². The van der Waals surface area contributed by atoms with Crippen LogP contribution in [0.1, 0.15) is 16.1 Å². The smallest absolute Gasteiger partial charge is 0.255 e. The largest absolute Gasteiger partial charge is 0.455 e. The molecular weight excluding hydrogens is 593 g/mol. The van der Waals surface area contributed by atoms with E-state index >= 15 is 0 Å². The summed E-state index contributed by atoms with van der Waals surface area (Å²) in [7, 11) is -0.717. The number of imidazole rings is 1. The van der Waals surface area contributed by atoms with Gasteiger partial charge in [-0.15, -0.1) is 0 Å². The molecule has 0 bridgehead atoms. The van der Waals surface area contributed by atoms with Gasteiger partial charge in [-0.3, -0.25) is 9.10 Å². The predicted octanol–water partition coefficient (Wildman–Crippen LogP) is 6.77. The number of nitrogens with zero attached hydrogens (tertiary/aromatic N) is 3. The van der Waals surface area contributed by atoms with E-state index in [1.807, 2.05) is 54.0 Å². The summed E-state index contributed by atoms with van der Waals surface area (Å²) in [6.45, 7) is 1.91. The van der Waals surface area contributed by atoms with Gasteiger partial charge >= 0.3 is 0 Å². The van der Waals surface area contributed by atoms with E-state index < -0.39 is 21.7 Å². The average molecular weight is 622 g/mol. The van der Waals surface area contributed by atoms with Crippen LogP contribution in [-0.2, 0) is 10.0 Å². The van der Waals surface area contributed by atoms with Gasteiger partial charge in [0.2, 0.25) is 10.0 Å². The van der Waals surface area contributed by atoms with E-state index in [9.17, 15) is 17.6 Å². The van der Waals surface area contributed by atoms with Crippen LogP contribution >= 0.6 is 0 Å². The lowest BCUT2D eigenvalue weighted by atomic mass is 9.98. The Balaban J connectivity index is 1.55. The Kier molecular flexibility index (Phi) is 6.52. The third-order valence-corrected chi connectivity index (χ3v) is 9.20. The van der Waals surface area contributed by atoms with Crippen LogP contribution in [0.2, 0.25) is 0 Å². The number of benzene rings is 3. The molecule has 7 rings (SSSR count). The molecule has 0 aliphatic rings. The van der Waals surface area contributed by atoms with Crippen molar-refractivity contribution in [1.82, 2.24) is 19.7 Å². The van der Waals surface area contributed by atoms with Crippen LogP contribution in [0, 0.1) is 12.7 Å². The topological polar surface area (TPSA) is 113 Å². The summed E-state index contributed by atoms with van der Waals surface area (Å²) < 4.78 is 48.9. The van der Waals surface area contributed by atoms with Crippen LogP contribution in [0.3, 0.4) is 0 Å². The van der Waals surface area contributed by atoms with Crippen molar-refractivity contribution in [3.8, 4) is 33.7 Å². The quantitative estimate of drug-likeness (QED) is 0.213. The van der Waals surface area contributed by atoms with Crippen molar-refractivity contribution in [3.05, 3.63) is 102 Å². The zero-order valence-corrected chi connectivity index (χ0v) is 25.7. The highest BCUT2D eigenvalue weighted by Gasteiger charge is 2.26. The average Bonchev–Trinajstić information content (AvgIpc) is 3.72. The SMILES string of the molecule is CNC(=O)c1c(-c2ccc(F)cc2)oc2cc(N(C)S(C)(=O)=O)c(-c3cc(-c4cc5ccccc5[nH]4)c4nc(C)cn4c3)cc12. The maximum Gasteiger partial charge on any atom is 0.255 e. The van der Waals surface area contributed by atoms with Gasteiger partial charge in [0.1, 0.15) is 22.8 Å². The van der Waals surface area contributed by atoms with Gasteiger partial charge in [-0.1, -0.05) is 18.2 Å². The number of aromatic nitrogens is 3. The molecule has 11 heteroatoms. The van der Waals surface area contributed by atoms with Crippen molar-refractivity contribution in [1.29, 1.82) is 0 Å². The van der Waals surface area contributed by atoms with E-state index in [4.69, 9.17) is 9.40 Å². The number of hydrogen-bond donors (Lipinski definition) is 2. The Morgan fingerprint density at radius 3 is 2.47 bits per heavy atom. The molecule has 45 heavy (non-hydrogen) atoms. The lowest BCUT2D eigenvalue weighted by Crippen LogP contribution is -2.25. The van der Waals surface area contributed by atoms with E-state index in [-0.39, 0.29) is 11.3 Å². The van der Waals surface area contributed by atoms with Gasteiger partial charge in [0.25, 0.3) is 5.91 Å². The van der Waals surface area contributed by atoms with E-state index in [1.165, 1.54) is 42.7 Å².